The van der Waals surface area contributed by atoms with Crippen LogP contribution in [0.5, 0.6) is 0 Å². The minimum atomic E-state index is 0.0653. The van der Waals surface area contributed by atoms with Crippen molar-refractivity contribution in [2.75, 3.05) is 0 Å². The predicted octanol–water partition coefficient (Wildman–Crippen LogP) is 6.10. The molecule has 2 radical (unpaired) electrons. The fourth-order valence-electron chi connectivity index (χ4n) is 2.13. The number of rotatable bonds is 13. The van der Waals surface area contributed by atoms with E-state index in [1.54, 1.807) is 21.7 Å². The molecule has 0 fully saturated rings. The van der Waals surface area contributed by atoms with Gasteiger partial charge < -0.3 is 0 Å². The van der Waals surface area contributed by atoms with Crippen LogP contribution in [0.15, 0.2) is 0 Å². The van der Waals surface area contributed by atoms with Gasteiger partial charge in [0.2, 0.25) is 0 Å². The monoisotopic (exact) mass is 346 g/mol. The van der Waals surface area contributed by atoms with E-state index >= 15 is 0 Å². The Bertz CT molecular complexity index is 131. The van der Waals surface area contributed by atoms with Crippen molar-refractivity contribution >= 4 is 21.1 Å². The summed E-state index contributed by atoms with van der Waals surface area (Å²) in [5.74, 6) is 0.915. The van der Waals surface area contributed by atoms with Crippen LogP contribution < -0.4 is 0 Å². The SMILES string of the molecule is CCCCCCC[CH2][Sn][CH2]CCCCC(C)C. The summed E-state index contributed by atoms with van der Waals surface area (Å²) in [4.78, 5) is 0. The van der Waals surface area contributed by atoms with Gasteiger partial charge in [0.25, 0.3) is 0 Å². The van der Waals surface area contributed by atoms with Gasteiger partial charge in [0, 0.05) is 0 Å². The first kappa shape index (κ1) is 17.8. The third-order valence-corrected chi connectivity index (χ3v) is 7.38. The molecule has 0 saturated heterocycles. The van der Waals surface area contributed by atoms with E-state index in [1.807, 2.05) is 0 Å². The van der Waals surface area contributed by atoms with Crippen LogP contribution in [0.2, 0.25) is 8.87 Å². The van der Waals surface area contributed by atoms with Crippen molar-refractivity contribution in [3.63, 3.8) is 0 Å². The zero-order chi connectivity index (χ0) is 12.8. The summed E-state index contributed by atoms with van der Waals surface area (Å²) < 4.78 is 3.30. The molecule has 0 saturated carbocycles. The molecule has 0 aromatic rings. The summed E-state index contributed by atoms with van der Waals surface area (Å²) in [5.41, 5.74) is 0. The van der Waals surface area contributed by atoms with Crippen molar-refractivity contribution in [3.05, 3.63) is 0 Å². The van der Waals surface area contributed by atoms with Crippen LogP contribution in [0.4, 0.5) is 0 Å². The zero-order valence-electron chi connectivity index (χ0n) is 12.6. The molecule has 0 bridgehead atoms. The Labute approximate surface area is 121 Å². The molecule has 0 aromatic carbocycles. The molecule has 0 amide bonds. The Hall–Kier alpha value is 0.799. The van der Waals surface area contributed by atoms with Crippen molar-refractivity contribution in [3.8, 4) is 0 Å². The Morgan fingerprint density at radius 3 is 1.82 bits per heavy atom. The summed E-state index contributed by atoms with van der Waals surface area (Å²) in [6.45, 7) is 6.98. The average molecular weight is 345 g/mol. The van der Waals surface area contributed by atoms with Gasteiger partial charge >= 0.3 is 121 Å². The van der Waals surface area contributed by atoms with Crippen LogP contribution >= 0.6 is 0 Å². The molecule has 102 valence electrons. The van der Waals surface area contributed by atoms with E-state index in [9.17, 15) is 0 Å². The van der Waals surface area contributed by atoms with Gasteiger partial charge in [-0.2, -0.15) is 0 Å². The van der Waals surface area contributed by atoms with Crippen LogP contribution in [0.1, 0.15) is 85.0 Å². The van der Waals surface area contributed by atoms with Crippen molar-refractivity contribution in [1.29, 1.82) is 0 Å². The van der Waals surface area contributed by atoms with Crippen LogP contribution in [0, 0.1) is 5.92 Å². The van der Waals surface area contributed by atoms with Crippen LogP contribution in [-0.4, -0.2) is 21.1 Å². The third kappa shape index (κ3) is 16.8. The first-order chi connectivity index (χ1) is 8.27. The molecule has 0 aliphatic carbocycles. The Morgan fingerprint density at radius 2 is 1.24 bits per heavy atom. The topological polar surface area (TPSA) is 0 Å². The summed E-state index contributed by atoms with van der Waals surface area (Å²) in [6.07, 6.45) is 14.9. The van der Waals surface area contributed by atoms with Gasteiger partial charge in [0.15, 0.2) is 0 Å². The molecule has 0 nitrogen and oxygen atoms in total. The van der Waals surface area contributed by atoms with Gasteiger partial charge in [-0.25, -0.2) is 0 Å². The number of hydrogen-bond acceptors (Lipinski definition) is 0. The molecule has 0 atom stereocenters. The summed E-state index contributed by atoms with van der Waals surface area (Å²) >= 11 is 0.0653. The van der Waals surface area contributed by atoms with Gasteiger partial charge in [-0.05, 0) is 0 Å². The molecule has 17 heavy (non-hydrogen) atoms. The molecule has 0 rings (SSSR count). The molecule has 0 aliphatic rings. The Balaban J connectivity index is 2.89. The second-order valence-corrected chi connectivity index (χ2v) is 10.0. The van der Waals surface area contributed by atoms with Crippen molar-refractivity contribution in [2.45, 2.75) is 93.9 Å². The maximum absolute atomic E-state index is 2.34. The molecule has 0 heterocycles. The normalized spacial score (nSPS) is 11.3. The minimum absolute atomic E-state index is 0.0653. The summed E-state index contributed by atoms with van der Waals surface area (Å²) in [7, 11) is 0. The van der Waals surface area contributed by atoms with Crippen molar-refractivity contribution in [1.82, 2.24) is 0 Å². The van der Waals surface area contributed by atoms with Crippen LogP contribution in [-0.2, 0) is 0 Å². The van der Waals surface area contributed by atoms with Crippen LogP contribution in [0.25, 0.3) is 0 Å². The van der Waals surface area contributed by atoms with E-state index in [0.29, 0.717) is 0 Å². The first-order valence-corrected chi connectivity index (χ1v) is 12.0. The number of hydrogen-bond donors (Lipinski definition) is 0. The second kappa shape index (κ2) is 14.9. The van der Waals surface area contributed by atoms with Crippen molar-refractivity contribution in [2.24, 2.45) is 5.92 Å². The van der Waals surface area contributed by atoms with E-state index in [1.165, 1.54) is 51.4 Å². The Kier molecular flexibility index (Phi) is 15.6. The second-order valence-electron chi connectivity index (χ2n) is 5.76. The van der Waals surface area contributed by atoms with E-state index in [4.69, 9.17) is 0 Å². The first-order valence-electron chi connectivity index (χ1n) is 7.98. The molecule has 0 spiro atoms. The van der Waals surface area contributed by atoms with Gasteiger partial charge in [-0.1, -0.05) is 0 Å². The molecule has 0 N–H and O–H groups in total. The summed E-state index contributed by atoms with van der Waals surface area (Å²) in [5, 5.41) is 0. The Morgan fingerprint density at radius 1 is 0.706 bits per heavy atom. The summed E-state index contributed by atoms with van der Waals surface area (Å²) in [6, 6.07) is 0. The fourth-order valence-corrected chi connectivity index (χ4v) is 5.70. The fraction of sp³-hybridized carbons (Fsp3) is 1.00. The van der Waals surface area contributed by atoms with E-state index in [-0.39, 0.29) is 21.1 Å². The average Bonchev–Trinajstić information content (AvgIpc) is 2.30. The predicted molar refractivity (Wildman–Crippen MR) is 82.1 cm³/mol. The van der Waals surface area contributed by atoms with Gasteiger partial charge in [0.1, 0.15) is 0 Å². The zero-order valence-corrected chi connectivity index (χ0v) is 15.4. The number of unbranched alkanes of at least 4 members (excludes halogenated alkanes) is 7. The quantitative estimate of drug-likeness (QED) is 0.279. The molecular weight excluding hydrogens is 311 g/mol. The van der Waals surface area contributed by atoms with E-state index in [0.717, 1.165) is 5.92 Å². The molecular formula is C16H34Sn. The molecule has 0 unspecified atom stereocenters. The maximum atomic E-state index is 2.34. The third-order valence-electron chi connectivity index (χ3n) is 3.34. The van der Waals surface area contributed by atoms with Gasteiger partial charge in [0.05, 0.1) is 0 Å². The van der Waals surface area contributed by atoms with E-state index in [2.05, 4.69) is 20.8 Å². The molecule has 0 aliphatic heterocycles. The standard InChI is InChI=1S/2C8H17.Sn/c1-4-5-6-7-8(2)3;1-3-5-7-8-6-4-2;/h8H,1,4-7H2,2-3H3;1,3-8H2,2H3;. The van der Waals surface area contributed by atoms with Gasteiger partial charge in [-0.15, -0.1) is 0 Å². The molecule has 0 aromatic heterocycles. The van der Waals surface area contributed by atoms with Gasteiger partial charge in [-0.3, -0.25) is 0 Å². The molecule has 1 heteroatoms. The van der Waals surface area contributed by atoms with Crippen molar-refractivity contribution < 1.29 is 0 Å². The van der Waals surface area contributed by atoms with E-state index < -0.39 is 0 Å². The van der Waals surface area contributed by atoms with Crippen LogP contribution in [0.3, 0.4) is 0 Å².